The number of nitrogens with one attached hydrogen (secondary N) is 1. The first-order chi connectivity index (χ1) is 13.6. The van der Waals surface area contributed by atoms with Crippen LogP contribution in [0.4, 0.5) is 10.1 Å². The van der Waals surface area contributed by atoms with Gasteiger partial charge in [0, 0.05) is 13.1 Å². The molecule has 0 radical (unpaired) electrons. The van der Waals surface area contributed by atoms with Gasteiger partial charge in [0.25, 0.3) is 10.0 Å². The van der Waals surface area contributed by atoms with Crippen LogP contribution in [0.2, 0.25) is 0 Å². The molecule has 1 saturated heterocycles. The Kier molecular flexibility index (Phi) is 6.27. The normalized spacial score (nSPS) is 16.1. The van der Waals surface area contributed by atoms with Crippen molar-refractivity contribution < 1.29 is 26.0 Å². The van der Waals surface area contributed by atoms with E-state index in [0.717, 1.165) is 22.0 Å². The second-order valence-electron chi connectivity index (χ2n) is 6.99. The number of halogens is 1. The average Bonchev–Trinajstić information content (AvgIpc) is 2.70. The number of hydrogen-bond acceptors (Lipinski definition) is 5. The van der Waals surface area contributed by atoms with Gasteiger partial charge < -0.3 is 4.74 Å². The van der Waals surface area contributed by atoms with Gasteiger partial charge in [0.05, 0.1) is 23.8 Å². The maximum absolute atomic E-state index is 14.3. The van der Waals surface area contributed by atoms with Crippen molar-refractivity contribution in [3.63, 3.8) is 0 Å². The number of morpholine rings is 1. The van der Waals surface area contributed by atoms with Crippen LogP contribution in [0.1, 0.15) is 25.3 Å². The SMILES string of the molecule is CC(C)c1ccc(S(=O)(=O)Nc2ccc(F)c(S(=O)(=O)N3CCOCC3)c2)cc1. The molecule has 29 heavy (non-hydrogen) atoms. The Bertz CT molecular complexity index is 1080. The number of ether oxygens (including phenoxy) is 1. The van der Waals surface area contributed by atoms with E-state index in [1.807, 2.05) is 13.8 Å². The Morgan fingerprint density at radius 3 is 2.21 bits per heavy atom. The Morgan fingerprint density at radius 1 is 1.00 bits per heavy atom. The molecule has 10 heteroatoms. The molecule has 1 fully saturated rings. The Labute approximate surface area is 170 Å². The van der Waals surface area contributed by atoms with Crippen LogP contribution in [0.3, 0.4) is 0 Å². The fourth-order valence-electron chi connectivity index (χ4n) is 2.94. The summed E-state index contributed by atoms with van der Waals surface area (Å²) >= 11 is 0. The van der Waals surface area contributed by atoms with Crippen LogP contribution in [0.25, 0.3) is 0 Å². The summed E-state index contributed by atoms with van der Waals surface area (Å²) in [4.78, 5) is -0.543. The van der Waals surface area contributed by atoms with Crippen molar-refractivity contribution in [3.05, 3.63) is 53.8 Å². The first kappa shape index (κ1) is 21.7. The number of sulfonamides is 2. The number of rotatable bonds is 6. The lowest BCUT2D eigenvalue weighted by molar-refractivity contribution is 0.0729. The molecule has 0 unspecified atom stereocenters. The van der Waals surface area contributed by atoms with Crippen molar-refractivity contribution >= 4 is 25.7 Å². The van der Waals surface area contributed by atoms with Gasteiger partial charge in [-0.25, -0.2) is 21.2 Å². The van der Waals surface area contributed by atoms with Crippen LogP contribution in [-0.4, -0.2) is 47.4 Å². The van der Waals surface area contributed by atoms with Crippen LogP contribution in [-0.2, 0) is 24.8 Å². The molecular formula is C19H23FN2O5S2. The minimum absolute atomic E-state index is 0.0313. The lowest BCUT2D eigenvalue weighted by Gasteiger charge is -2.26. The molecule has 0 amide bonds. The molecule has 158 valence electrons. The maximum atomic E-state index is 14.3. The summed E-state index contributed by atoms with van der Waals surface area (Å²) in [7, 11) is -8.06. The van der Waals surface area contributed by atoms with Crippen molar-refractivity contribution in [2.45, 2.75) is 29.6 Å². The molecule has 2 aromatic rings. The Hall–Kier alpha value is -2.01. The lowest BCUT2D eigenvalue weighted by atomic mass is 10.0. The highest BCUT2D eigenvalue weighted by Crippen LogP contribution is 2.26. The molecule has 0 aromatic heterocycles. The molecule has 7 nitrogen and oxygen atoms in total. The highest BCUT2D eigenvalue weighted by atomic mass is 32.2. The third-order valence-electron chi connectivity index (χ3n) is 4.63. The monoisotopic (exact) mass is 442 g/mol. The fraction of sp³-hybridized carbons (Fsp3) is 0.368. The van der Waals surface area contributed by atoms with Gasteiger partial charge in [-0.1, -0.05) is 26.0 Å². The van der Waals surface area contributed by atoms with Crippen LogP contribution in [0, 0.1) is 5.82 Å². The maximum Gasteiger partial charge on any atom is 0.261 e. The molecule has 0 atom stereocenters. The molecular weight excluding hydrogens is 419 g/mol. The van der Waals surface area contributed by atoms with Crippen LogP contribution in [0.15, 0.2) is 52.3 Å². The van der Waals surface area contributed by atoms with Crippen molar-refractivity contribution in [1.29, 1.82) is 0 Å². The van der Waals surface area contributed by atoms with E-state index in [-0.39, 0.29) is 42.8 Å². The third kappa shape index (κ3) is 4.77. The van der Waals surface area contributed by atoms with Crippen molar-refractivity contribution in [3.8, 4) is 0 Å². The largest absolute Gasteiger partial charge is 0.379 e. The van der Waals surface area contributed by atoms with Gasteiger partial charge in [-0.2, -0.15) is 4.31 Å². The fourth-order valence-corrected chi connectivity index (χ4v) is 5.48. The summed E-state index contributed by atoms with van der Waals surface area (Å²) in [5.41, 5.74) is 0.954. The van der Waals surface area contributed by atoms with E-state index in [2.05, 4.69) is 4.72 Å². The zero-order valence-electron chi connectivity index (χ0n) is 16.1. The summed E-state index contributed by atoms with van der Waals surface area (Å²) in [6.45, 7) is 4.66. The second kappa shape index (κ2) is 8.39. The zero-order chi connectivity index (χ0) is 21.2. The van der Waals surface area contributed by atoms with E-state index in [9.17, 15) is 21.2 Å². The van der Waals surface area contributed by atoms with Crippen molar-refractivity contribution in [1.82, 2.24) is 4.31 Å². The molecule has 1 aliphatic rings. The molecule has 0 spiro atoms. The van der Waals surface area contributed by atoms with Crippen molar-refractivity contribution in [2.24, 2.45) is 0 Å². The molecule has 1 heterocycles. The van der Waals surface area contributed by atoms with Gasteiger partial charge in [-0.3, -0.25) is 4.72 Å². The Morgan fingerprint density at radius 2 is 1.62 bits per heavy atom. The lowest BCUT2D eigenvalue weighted by Crippen LogP contribution is -2.40. The van der Waals surface area contributed by atoms with E-state index in [4.69, 9.17) is 4.74 Å². The number of hydrogen-bond donors (Lipinski definition) is 1. The number of anilines is 1. The second-order valence-corrected chi connectivity index (χ2v) is 10.6. The molecule has 0 saturated carbocycles. The average molecular weight is 443 g/mol. The summed E-state index contributed by atoms with van der Waals surface area (Å²) in [6, 6.07) is 9.52. The quantitative estimate of drug-likeness (QED) is 0.743. The standard InChI is InChI=1S/C19H23FN2O5S2/c1-14(2)15-3-6-17(7-4-15)28(23,24)21-16-5-8-18(20)19(13-16)29(25,26)22-9-11-27-12-10-22/h3-8,13-14,21H,9-12H2,1-2H3. The van der Waals surface area contributed by atoms with Gasteiger partial charge in [0.1, 0.15) is 10.7 Å². The van der Waals surface area contributed by atoms with Crippen LogP contribution >= 0.6 is 0 Å². The van der Waals surface area contributed by atoms with Gasteiger partial charge in [0.15, 0.2) is 0 Å². The third-order valence-corrected chi connectivity index (χ3v) is 7.94. The van der Waals surface area contributed by atoms with Gasteiger partial charge in [0.2, 0.25) is 10.0 Å². The first-order valence-corrected chi connectivity index (χ1v) is 12.0. The summed E-state index contributed by atoms with van der Waals surface area (Å²) in [5, 5.41) is 0. The summed E-state index contributed by atoms with van der Waals surface area (Å²) in [5.74, 6) is -0.689. The first-order valence-electron chi connectivity index (χ1n) is 9.11. The smallest absolute Gasteiger partial charge is 0.261 e. The van der Waals surface area contributed by atoms with Crippen molar-refractivity contribution in [2.75, 3.05) is 31.0 Å². The highest BCUT2D eigenvalue weighted by molar-refractivity contribution is 7.92. The molecule has 3 rings (SSSR count). The predicted molar refractivity (Wildman–Crippen MR) is 107 cm³/mol. The highest BCUT2D eigenvalue weighted by Gasteiger charge is 2.29. The summed E-state index contributed by atoms with van der Waals surface area (Å²) < 4.78 is 73.7. The predicted octanol–water partition coefficient (Wildman–Crippen LogP) is 2.77. The van der Waals surface area contributed by atoms with Gasteiger partial charge in [-0.05, 0) is 41.8 Å². The molecule has 1 aliphatic heterocycles. The van der Waals surface area contributed by atoms with E-state index < -0.39 is 30.8 Å². The van der Waals surface area contributed by atoms with E-state index in [0.29, 0.717) is 0 Å². The minimum atomic E-state index is -4.11. The summed E-state index contributed by atoms with van der Waals surface area (Å²) in [6.07, 6.45) is 0. The Balaban J connectivity index is 1.89. The molecule has 2 aromatic carbocycles. The van der Waals surface area contributed by atoms with E-state index >= 15 is 0 Å². The van der Waals surface area contributed by atoms with E-state index in [1.54, 1.807) is 12.1 Å². The number of benzene rings is 2. The van der Waals surface area contributed by atoms with Gasteiger partial charge >= 0.3 is 0 Å². The molecule has 0 bridgehead atoms. The molecule has 1 N–H and O–H groups in total. The topological polar surface area (TPSA) is 92.8 Å². The number of nitrogens with zero attached hydrogens (tertiary/aromatic N) is 1. The van der Waals surface area contributed by atoms with Crippen LogP contribution < -0.4 is 4.72 Å². The van der Waals surface area contributed by atoms with E-state index in [1.165, 1.54) is 18.2 Å². The van der Waals surface area contributed by atoms with Gasteiger partial charge in [-0.15, -0.1) is 0 Å². The minimum Gasteiger partial charge on any atom is -0.379 e. The van der Waals surface area contributed by atoms with Crippen LogP contribution in [0.5, 0.6) is 0 Å². The molecule has 0 aliphatic carbocycles. The zero-order valence-corrected chi connectivity index (χ0v) is 17.8.